The Kier molecular flexibility index (Phi) is 2.23. The summed E-state index contributed by atoms with van der Waals surface area (Å²) in [4.78, 5) is 11.0. The first kappa shape index (κ1) is 10.7. The topological polar surface area (TPSA) is 63.4 Å². The zero-order valence-corrected chi connectivity index (χ0v) is 9.77. The molecule has 0 fully saturated rings. The highest BCUT2D eigenvalue weighted by Crippen LogP contribution is 2.47. The van der Waals surface area contributed by atoms with E-state index in [4.69, 9.17) is 0 Å². The lowest BCUT2D eigenvalue weighted by Gasteiger charge is -2.12. The van der Waals surface area contributed by atoms with E-state index in [1.54, 1.807) is 0 Å². The monoisotopic (exact) mass is 233 g/mol. The highest BCUT2D eigenvalue weighted by atomic mass is 16.6. The maximum Gasteiger partial charge on any atom is 0.279 e. The molecule has 1 aromatic carbocycles. The summed E-state index contributed by atoms with van der Waals surface area (Å²) in [5, 5.41) is 21.2. The van der Waals surface area contributed by atoms with Crippen molar-refractivity contribution < 1.29 is 10.0 Å². The van der Waals surface area contributed by atoms with E-state index in [-0.39, 0.29) is 16.5 Å². The van der Waals surface area contributed by atoms with Gasteiger partial charge in [-0.25, -0.2) is 0 Å². The first-order chi connectivity index (χ1) is 8.09. The van der Waals surface area contributed by atoms with Crippen molar-refractivity contribution in [1.29, 1.82) is 0 Å². The highest BCUT2D eigenvalue weighted by molar-refractivity contribution is 5.61. The minimum Gasteiger partial charge on any atom is -0.388 e. The Hall–Kier alpha value is -1.42. The molecular weight excluding hydrogens is 218 g/mol. The summed E-state index contributed by atoms with van der Waals surface area (Å²) in [5.41, 5.74) is 3.76. The van der Waals surface area contributed by atoms with Gasteiger partial charge in [0.1, 0.15) is 0 Å². The van der Waals surface area contributed by atoms with Crippen LogP contribution in [-0.4, -0.2) is 10.0 Å². The fourth-order valence-corrected chi connectivity index (χ4v) is 3.30. The van der Waals surface area contributed by atoms with Crippen molar-refractivity contribution in [3.8, 4) is 0 Å². The molecule has 2 aliphatic rings. The van der Waals surface area contributed by atoms with Crippen LogP contribution in [0.25, 0.3) is 0 Å². The van der Waals surface area contributed by atoms with Crippen LogP contribution in [0.1, 0.15) is 54.0 Å². The third-order valence-corrected chi connectivity index (χ3v) is 4.09. The molecule has 0 radical (unpaired) electrons. The van der Waals surface area contributed by atoms with Crippen LogP contribution in [0.2, 0.25) is 0 Å². The largest absolute Gasteiger partial charge is 0.388 e. The molecule has 3 rings (SSSR count). The average Bonchev–Trinajstić information content (AvgIpc) is 2.82. The Bertz CT molecular complexity index is 474. The van der Waals surface area contributed by atoms with Gasteiger partial charge in [-0.3, -0.25) is 10.1 Å². The summed E-state index contributed by atoms with van der Waals surface area (Å²) < 4.78 is 0. The van der Waals surface area contributed by atoms with Crippen LogP contribution in [0.5, 0.6) is 0 Å². The van der Waals surface area contributed by atoms with Crippen molar-refractivity contribution in [2.45, 2.75) is 44.6 Å². The standard InChI is InChI=1S/C13H15NO3/c1-7-2-3-8-6-9-4-5-10(15)12(9)13(11(7)8)14(16)17/h6-7,10,15H,2-5H2,1H3. The normalized spacial score (nSPS) is 25.8. The molecule has 0 bridgehead atoms. The number of nitro groups is 1. The van der Waals surface area contributed by atoms with Crippen LogP contribution < -0.4 is 0 Å². The quantitative estimate of drug-likeness (QED) is 0.599. The molecule has 0 heterocycles. The number of hydrogen-bond acceptors (Lipinski definition) is 3. The van der Waals surface area contributed by atoms with Crippen molar-refractivity contribution in [3.63, 3.8) is 0 Å². The van der Waals surface area contributed by atoms with Gasteiger partial charge in [-0.05, 0) is 42.7 Å². The molecule has 1 N–H and O–H groups in total. The summed E-state index contributed by atoms with van der Waals surface area (Å²) in [5.74, 6) is 0.239. The lowest BCUT2D eigenvalue weighted by atomic mass is 9.94. The number of aliphatic hydroxyl groups is 1. The van der Waals surface area contributed by atoms with Crippen LogP contribution in [0, 0.1) is 10.1 Å². The molecular formula is C13H15NO3. The lowest BCUT2D eigenvalue weighted by molar-refractivity contribution is -0.386. The predicted octanol–water partition coefficient (Wildman–Crippen LogP) is 2.62. The lowest BCUT2D eigenvalue weighted by Crippen LogP contribution is -2.04. The van der Waals surface area contributed by atoms with Gasteiger partial charge >= 0.3 is 0 Å². The van der Waals surface area contributed by atoms with Crippen molar-refractivity contribution in [3.05, 3.63) is 38.4 Å². The van der Waals surface area contributed by atoms with E-state index in [0.717, 1.165) is 36.0 Å². The van der Waals surface area contributed by atoms with Crippen LogP contribution in [-0.2, 0) is 12.8 Å². The number of benzene rings is 1. The maximum atomic E-state index is 11.3. The minimum atomic E-state index is -0.650. The van der Waals surface area contributed by atoms with Crippen molar-refractivity contribution >= 4 is 5.69 Å². The zero-order chi connectivity index (χ0) is 12.2. The molecule has 0 spiro atoms. The number of aryl methyl sites for hydroxylation is 2. The molecule has 4 heteroatoms. The third-order valence-electron chi connectivity index (χ3n) is 4.09. The molecule has 0 aliphatic heterocycles. The Labute approximate surface area is 99.4 Å². The number of nitro benzene ring substituents is 1. The van der Waals surface area contributed by atoms with E-state index in [0.29, 0.717) is 12.0 Å². The van der Waals surface area contributed by atoms with Gasteiger partial charge in [0.25, 0.3) is 5.69 Å². The molecule has 17 heavy (non-hydrogen) atoms. The van der Waals surface area contributed by atoms with Crippen molar-refractivity contribution in [2.75, 3.05) is 0 Å². The SMILES string of the molecule is CC1CCc2cc3c(c([N+](=O)[O-])c21)C(O)CC3. The van der Waals surface area contributed by atoms with E-state index in [9.17, 15) is 15.2 Å². The van der Waals surface area contributed by atoms with Gasteiger partial charge < -0.3 is 5.11 Å². The van der Waals surface area contributed by atoms with Crippen molar-refractivity contribution in [2.24, 2.45) is 0 Å². The van der Waals surface area contributed by atoms with Crippen molar-refractivity contribution in [1.82, 2.24) is 0 Å². The molecule has 2 aliphatic carbocycles. The Balaban J connectivity index is 2.32. The molecule has 1 aromatic rings. The van der Waals surface area contributed by atoms with Gasteiger partial charge in [0.05, 0.1) is 16.6 Å². The van der Waals surface area contributed by atoms with Gasteiger partial charge in [-0.1, -0.05) is 13.0 Å². The van der Waals surface area contributed by atoms with Crippen LogP contribution >= 0.6 is 0 Å². The highest BCUT2D eigenvalue weighted by Gasteiger charge is 2.37. The predicted molar refractivity (Wildman–Crippen MR) is 63.1 cm³/mol. The second-order valence-corrected chi connectivity index (χ2v) is 5.12. The summed E-state index contributed by atoms with van der Waals surface area (Å²) in [7, 11) is 0. The summed E-state index contributed by atoms with van der Waals surface area (Å²) in [6.07, 6.45) is 2.64. The first-order valence-electron chi connectivity index (χ1n) is 6.10. The van der Waals surface area contributed by atoms with Crippen LogP contribution in [0.3, 0.4) is 0 Å². The van der Waals surface area contributed by atoms with E-state index in [1.165, 1.54) is 0 Å². The van der Waals surface area contributed by atoms with Gasteiger partial charge in [-0.2, -0.15) is 0 Å². The van der Waals surface area contributed by atoms with Gasteiger partial charge in [0.15, 0.2) is 0 Å². The number of hydrogen-bond donors (Lipinski definition) is 1. The Morgan fingerprint density at radius 1 is 1.29 bits per heavy atom. The van der Waals surface area contributed by atoms with E-state index in [1.807, 2.05) is 6.92 Å². The molecule has 0 aromatic heterocycles. The van der Waals surface area contributed by atoms with Crippen LogP contribution in [0.15, 0.2) is 6.07 Å². The Morgan fingerprint density at radius 3 is 2.65 bits per heavy atom. The molecule has 0 saturated heterocycles. The van der Waals surface area contributed by atoms with Gasteiger partial charge in [-0.15, -0.1) is 0 Å². The van der Waals surface area contributed by atoms with E-state index in [2.05, 4.69) is 6.07 Å². The van der Waals surface area contributed by atoms with Gasteiger partial charge in [0.2, 0.25) is 0 Å². The molecule has 2 unspecified atom stereocenters. The van der Waals surface area contributed by atoms with Crippen LogP contribution in [0.4, 0.5) is 5.69 Å². The zero-order valence-electron chi connectivity index (χ0n) is 9.77. The molecule has 0 saturated carbocycles. The average molecular weight is 233 g/mol. The molecule has 0 amide bonds. The molecule has 90 valence electrons. The van der Waals surface area contributed by atoms with Gasteiger partial charge in [0, 0.05) is 5.56 Å². The number of rotatable bonds is 1. The van der Waals surface area contributed by atoms with E-state index >= 15 is 0 Å². The van der Waals surface area contributed by atoms with E-state index < -0.39 is 6.10 Å². The minimum absolute atomic E-state index is 0.201. The number of nitrogens with zero attached hydrogens (tertiary/aromatic N) is 1. The fraction of sp³-hybridized carbons (Fsp3) is 0.538. The maximum absolute atomic E-state index is 11.3. The fourth-order valence-electron chi connectivity index (χ4n) is 3.30. The summed E-state index contributed by atoms with van der Waals surface area (Å²) >= 11 is 0. The number of aliphatic hydroxyl groups excluding tert-OH is 1. The second kappa shape index (κ2) is 3.53. The molecule has 4 nitrogen and oxygen atoms in total. The summed E-state index contributed by atoms with van der Waals surface area (Å²) in [6.45, 7) is 2.03. The third kappa shape index (κ3) is 1.40. The summed E-state index contributed by atoms with van der Waals surface area (Å²) in [6, 6.07) is 2.08. The number of fused-ring (bicyclic) bond motifs is 2. The second-order valence-electron chi connectivity index (χ2n) is 5.12. The smallest absolute Gasteiger partial charge is 0.279 e. The Morgan fingerprint density at radius 2 is 1.94 bits per heavy atom. The first-order valence-corrected chi connectivity index (χ1v) is 6.10. The molecule has 2 atom stereocenters.